The van der Waals surface area contributed by atoms with Gasteiger partial charge < -0.3 is 24.8 Å². The van der Waals surface area contributed by atoms with Crippen molar-refractivity contribution in [2.75, 3.05) is 0 Å². The van der Waals surface area contributed by atoms with Gasteiger partial charge in [-0.15, -0.1) is 33.7 Å². The van der Waals surface area contributed by atoms with Gasteiger partial charge in [-0.3, -0.25) is 0 Å². The van der Waals surface area contributed by atoms with E-state index in [1.54, 1.807) is 0 Å². The summed E-state index contributed by atoms with van der Waals surface area (Å²) in [7, 11) is 0. The van der Waals surface area contributed by atoms with E-state index in [0.717, 1.165) is 6.42 Å². The minimum atomic E-state index is 0. The molecule has 0 amide bonds. The maximum atomic E-state index is 2.50. The summed E-state index contributed by atoms with van der Waals surface area (Å²) in [6, 6.07) is 31.8. The van der Waals surface area contributed by atoms with E-state index in [0.29, 0.717) is 0 Å². The Morgan fingerprint density at radius 2 is 1.20 bits per heavy atom. The summed E-state index contributed by atoms with van der Waals surface area (Å²) in [5.41, 5.74) is 11.0. The second-order valence-electron chi connectivity index (χ2n) is 12.8. The van der Waals surface area contributed by atoms with Crippen LogP contribution in [-0.4, -0.2) is 0 Å². The van der Waals surface area contributed by atoms with Crippen molar-refractivity contribution < 1.29 is 51.0 Å². The molecule has 0 heterocycles. The van der Waals surface area contributed by atoms with Crippen LogP contribution in [0.1, 0.15) is 64.7 Å². The van der Waals surface area contributed by atoms with E-state index in [1.165, 1.54) is 66.1 Å². The molecule has 1 radical (unpaired) electrons. The van der Waals surface area contributed by atoms with E-state index in [-0.39, 0.29) is 61.8 Å². The van der Waals surface area contributed by atoms with E-state index >= 15 is 0 Å². The molecule has 0 saturated carbocycles. The van der Waals surface area contributed by atoms with Crippen molar-refractivity contribution in [3.05, 3.63) is 120 Å². The molecule has 1 aliphatic rings. The van der Waals surface area contributed by atoms with Gasteiger partial charge in [0.15, 0.2) is 0 Å². The maximum absolute atomic E-state index is 2.50. The van der Waals surface area contributed by atoms with Crippen molar-refractivity contribution >= 4 is 27.1 Å². The molecule has 0 atom stereocenters. The SMILES string of the molecule is CC(C)(C)c1cc2c(cc1-c1ccccc1)[cH-]c1c(C3=CC=CC3)c(-c3ccccc3)c(C(C)(C)C)cc12.[Cl-].[Cl-].[Zr+3]. The Morgan fingerprint density at radius 1 is 0.634 bits per heavy atom. The predicted octanol–water partition coefficient (Wildman–Crippen LogP) is 4.99. The molecule has 41 heavy (non-hydrogen) atoms. The molecule has 0 unspecified atom stereocenters. The van der Waals surface area contributed by atoms with Crippen LogP contribution < -0.4 is 24.8 Å². The average molecular weight is 656 g/mol. The molecule has 6 rings (SSSR count). The van der Waals surface area contributed by atoms with E-state index in [4.69, 9.17) is 0 Å². The predicted molar refractivity (Wildman–Crippen MR) is 167 cm³/mol. The molecule has 0 spiro atoms. The molecule has 0 fully saturated rings. The van der Waals surface area contributed by atoms with Crippen molar-refractivity contribution in [2.45, 2.75) is 58.8 Å². The van der Waals surface area contributed by atoms with Crippen LogP contribution in [0, 0.1) is 0 Å². The third-order valence-corrected chi connectivity index (χ3v) is 8.00. The van der Waals surface area contributed by atoms with E-state index < -0.39 is 0 Å². The van der Waals surface area contributed by atoms with Gasteiger partial charge in [-0.1, -0.05) is 144 Å². The van der Waals surface area contributed by atoms with Crippen LogP contribution in [0.5, 0.6) is 0 Å². The van der Waals surface area contributed by atoms with Crippen molar-refractivity contribution in [3.63, 3.8) is 0 Å². The number of rotatable bonds is 3. The van der Waals surface area contributed by atoms with Gasteiger partial charge in [-0.2, -0.15) is 0 Å². The molecule has 0 aliphatic heterocycles. The minimum Gasteiger partial charge on any atom is -1.00 e. The first kappa shape index (κ1) is 33.2. The van der Waals surface area contributed by atoms with Crippen LogP contribution in [0.3, 0.4) is 0 Å². The van der Waals surface area contributed by atoms with Crippen molar-refractivity contribution in [2.24, 2.45) is 0 Å². The Kier molecular flexibility index (Phi) is 10.1. The van der Waals surface area contributed by atoms with Crippen molar-refractivity contribution in [1.29, 1.82) is 0 Å². The van der Waals surface area contributed by atoms with Gasteiger partial charge in [-0.25, -0.2) is 0 Å². The third-order valence-electron chi connectivity index (χ3n) is 8.00. The average Bonchev–Trinajstić information content (AvgIpc) is 3.55. The monoisotopic (exact) mass is 653 g/mol. The van der Waals surface area contributed by atoms with Gasteiger partial charge in [0.05, 0.1) is 0 Å². The van der Waals surface area contributed by atoms with E-state index in [9.17, 15) is 0 Å². The Hall–Kier alpha value is -2.31. The maximum Gasteiger partial charge on any atom is 3.00 e. The molecular weight excluding hydrogens is 619 g/mol. The zero-order valence-corrected chi connectivity index (χ0v) is 28.7. The van der Waals surface area contributed by atoms with Gasteiger partial charge >= 0.3 is 26.2 Å². The molecule has 0 N–H and O–H groups in total. The van der Waals surface area contributed by atoms with Gasteiger partial charge in [0, 0.05) is 0 Å². The third kappa shape index (κ3) is 6.10. The fraction of sp³-hybridized carbons (Fsp3) is 0.237. The summed E-state index contributed by atoms with van der Waals surface area (Å²) in [6.07, 6.45) is 7.80. The molecule has 0 aromatic heterocycles. The largest absolute Gasteiger partial charge is 3.00 e. The summed E-state index contributed by atoms with van der Waals surface area (Å²) >= 11 is 0. The van der Waals surface area contributed by atoms with Crippen LogP contribution >= 0.6 is 0 Å². The zero-order valence-electron chi connectivity index (χ0n) is 24.8. The first-order valence-electron chi connectivity index (χ1n) is 13.8. The van der Waals surface area contributed by atoms with Crippen molar-refractivity contribution in [3.8, 4) is 22.3 Å². The first-order chi connectivity index (χ1) is 18.1. The number of hydrogen-bond donors (Lipinski definition) is 0. The zero-order chi connectivity index (χ0) is 26.7. The number of fused-ring (bicyclic) bond motifs is 3. The molecule has 0 nitrogen and oxygen atoms in total. The molecule has 1 aliphatic carbocycles. The molecule has 5 aromatic carbocycles. The summed E-state index contributed by atoms with van der Waals surface area (Å²) < 4.78 is 0. The van der Waals surface area contributed by atoms with E-state index in [2.05, 4.69) is 145 Å². The van der Waals surface area contributed by atoms with Gasteiger partial charge in [0.25, 0.3) is 0 Å². The Morgan fingerprint density at radius 3 is 1.73 bits per heavy atom. The molecule has 5 aromatic rings. The van der Waals surface area contributed by atoms with Crippen LogP contribution in [0.2, 0.25) is 0 Å². The van der Waals surface area contributed by atoms with Gasteiger partial charge in [-0.05, 0) is 50.6 Å². The number of benzene rings is 4. The van der Waals surface area contributed by atoms with Crippen LogP contribution in [0.15, 0.2) is 103 Å². The quantitative estimate of drug-likeness (QED) is 0.241. The fourth-order valence-electron chi connectivity index (χ4n) is 6.14. The summed E-state index contributed by atoms with van der Waals surface area (Å²) in [5, 5.41) is 5.43. The Bertz CT molecular complexity index is 1730. The van der Waals surface area contributed by atoms with Crippen LogP contribution in [0.25, 0.3) is 49.4 Å². The Balaban J connectivity index is 0.00000154. The minimum absolute atomic E-state index is 0. The molecular formula is C38H37Cl2Zr. The first-order valence-corrected chi connectivity index (χ1v) is 13.8. The second kappa shape index (κ2) is 12.5. The molecule has 0 bridgehead atoms. The smallest absolute Gasteiger partial charge is 1.00 e. The van der Waals surface area contributed by atoms with Crippen molar-refractivity contribution in [1.82, 2.24) is 0 Å². The number of hydrogen-bond acceptors (Lipinski definition) is 0. The van der Waals surface area contributed by atoms with E-state index in [1.807, 2.05) is 0 Å². The van der Waals surface area contributed by atoms with Gasteiger partial charge in [0.1, 0.15) is 0 Å². The number of halogens is 2. The van der Waals surface area contributed by atoms with Crippen LogP contribution in [-0.2, 0) is 37.0 Å². The Labute approximate surface area is 277 Å². The molecule has 0 saturated heterocycles. The molecule has 207 valence electrons. The summed E-state index contributed by atoms with van der Waals surface area (Å²) in [6.45, 7) is 14.1. The summed E-state index contributed by atoms with van der Waals surface area (Å²) in [5.74, 6) is 0. The standard InChI is InChI=1S/C38H37.2ClH.Zr/c1-37(2,3)33-23-29-28(21-30(33)25-15-9-7-10-16-25)22-32-31(29)24-34(38(4,5)6)36(27-17-11-8-12-18-27)35(32)26-19-13-14-20-26;;;/h7-19,21-24H,20H2,1-6H3;2*1H;/q-1;;;+3/p-2. The number of allylic oxidation sites excluding steroid dienone is 4. The molecule has 3 heteroatoms. The topological polar surface area (TPSA) is 0 Å². The van der Waals surface area contributed by atoms with Gasteiger partial charge in [0.2, 0.25) is 0 Å². The second-order valence-corrected chi connectivity index (χ2v) is 12.8. The summed E-state index contributed by atoms with van der Waals surface area (Å²) in [4.78, 5) is 0. The fourth-order valence-corrected chi connectivity index (χ4v) is 6.14. The normalized spacial score (nSPS) is 13.0. The van der Waals surface area contributed by atoms with Crippen LogP contribution in [0.4, 0.5) is 0 Å².